The van der Waals surface area contributed by atoms with E-state index < -0.39 is 0 Å². The maximum Gasteiger partial charge on any atom is 0.231 e. The summed E-state index contributed by atoms with van der Waals surface area (Å²) >= 11 is 1.99. The molecule has 1 N–H and O–H groups in total. The SMILES string of the molecule is CCCNC(C)C(CC)c1nc(CSC2CCCC2)no1. The summed E-state index contributed by atoms with van der Waals surface area (Å²) in [6.45, 7) is 7.62. The predicted molar refractivity (Wildman–Crippen MR) is 88.6 cm³/mol. The first-order valence-corrected chi connectivity index (χ1v) is 9.46. The average Bonchev–Trinajstić information content (AvgIpc) is 3.15. The van der Waals surface area contributed by atoms with Crippen molar-refractivity contribution in [2.24, 2.45) is 0 Å². The zero-order valence-electron chi connectivity index (χ0n) is 13.6. The van der Waals surface area contributed by atoms with E-state index >= 15 is 0 Å². The fourth-order valence-electron chi connectivity index (χ4n) is 2.98. The molecule has 1 saturated carbocycles. The van der Waals surface area contributed by atoms with Crippen LogP contribution in [0.2, 0.25) is 0 Å². The molecule has 120 valence electrons. The van der Waals surface area contributed by atoms with Crippen LogP contribution in [-0.2, 0) is 5.75 Å². The first-order valence-electron chi connectivity index (χ1n) is 8.42. The van der Waals surface area contributed by atoms with Crippen LogP contribution in [0.4, 0.5) is 0 Å². The van der Waals surface area contributed by atoms with Gasteiger partial charge in [-0.25, -0.2) is 0 Å². The van der Waals surface area contributed by atoms with Gasteiger partial charge < -0.3 is 9.84 Å². The first kappa shape index (κ1) is 16.8. The number of aromatic nitrogens is 2. The van der Waals surface area contributed by atoms with E-state index in [9.17, 15) is 0 Å². The molecule has 2 atom stereocenters. The molecular formula is C16H29N3OS. The van der Waals surface area contributed by atoms with Gasteiger partial charge in [-0.3, -0.25) is 0 Å². The van der Waals surface area contributed by atoms with Crippen LogP contribution >= 0.6 is 11.8 Å². The van der Waals surface area contributed by atoms with Crippen LogP contribution in [0.25, 0.3) is 0 Å². The van der Waals surface area contributed by atoms with Crippen LogP contribution in [-0.4, -0.2) is 28.0 Å². The molecule has 2 rings (SSSR count). The molecule has 1 aromatic rings. The molecule has 21 heavy (non-hydrogen) atoms. The maximum atomic E-state index is 5.52. The molecule has 0 aliphatic heterocycles. The Hall–Kier alpha value is -0.550. The molecule has 0 bridgehead atoms. The van der Waals surface area contributed by atoms with Gasteiger partial charge >= 0.3 is 0 Å². The molecule has 5 heteroatoms. The van der Waals surface area contributed by atoms with Gasteiger partial charge in [-0.15, -0.1) is 0 Å². The third-order valence-corrected chi connectivity index (χ3v) is 5.68. The molecule has 1 aliphatic carbocycles. The van der Waals surface area contributed by atoms with Gasteiger partial charge in [0.05, 0.1) is 11.7 Å². The van der Waals surface area contributed by atoms with Crippen molar-refractivity contribution in [1.82, 2.24) is 15.5 Å². The Balaban J connectivity index is 1.86. The standard InChI is InChI=1S/C16H29N3OS/c1-4-10-17-12(3)14(5-2)16-18-15(19-20-16)11-21-13-8-6-7-9-13/h12-14,17H,4-11H2,1-3H3. The van der Waals surface area contributed by atoms with Gasteiger partial charge in [0, 0.05) is 11.3 Å². The van der Waals surface area contributed by atoms with Crippen molar-refractivity contribution in [3.05, 3.63) is 11.7 Å². The van der Waals surface area contributed by atoms with E-state index in [1.54, 1.807) is 0 Å². The summed E-state index contributed by atoms with van der Waals surface area (Å²) in [5.41, 5.74) is 0. The summed E-state index contributed by atoms with van der Waals surface area (Å²) in [6.07, 6.45) is 7.64. The third kappa shape index (κ3) is 4.99. The molecule has 0 radical (unpaired) electrons. The Bertz CT molecular complexity index is 404. The molecule has 2 unspecified atom stereocenters. The summed E-state index contributed by atoms with van der Waals surface area (Å²) < 4.78 is 5.52. The lowest BCUT2D eigenvalue weighted by Gasteiger charge is -2.20. The summed E-state index contributed by atoms with van der Waals surface area (Å²) in [6, 6.07) is 0.380. The summed E-state index contributed by atoms with van der Waals surface area (Å²) in [5.74, 6) is 2.87. The van der Waals surface area contributed by atoms with Crippen LogP contribution in [0, 0.1) is 0 Å². The minimum Gasteiger partial charge on any atom is -0.339 e. The molecule has 0 spiro atoms. The first-order chi connectivity index (χ1) is 10.2. The largest absolute Gasteiger partial charge is 0.339 e. The van der Waals surface area contributed by atoms with Crippen molar-refractivity contribution in [2.45, 2.75) is 82.3 Å². The summed E-state index contributed by atoms with van der Waals surface area (Å²) in [4.78, 5) is 4.63. The number of nitrogens with zero attached hydrogens (tertiary/aromatic N) is 2. The number of nitrogens with one attached hydrogen (secondary N) is 1. The van der Waals surface area contributed by atoms with E-state index in [0.717, 1.165) is 42.1 Å². The van der Waals surface area contributed by atoms with Gasteiger partial charge in [0.25, 0.3) is 0 Å². The van der Waals surface area contributed by atoms with Crippen LogP contribution in [0.1, 0.15) is 76.9 Å². The van der Waals surface area contributed by atoms with E-state index in [4.69, 9.17) is 4.52 Å². The van der Waals surface area contributed by atoms with E-state index in [1.165, 1.54) is 25.7 Å². The Morgan fingerprint density at radius 2 is 2.10 bits per heavy atom. The van der Waals surface area contributed by atoms with Crippen LogP contribution < -0.4 is 5.32 Å². The Labute approximate surface area is 132 Å². The van der Waals surface area contributed by atoms with Gasteiger partial charge in [-0.05, 0) is 39.2 Å². The zero-order chi connectivity index (χ0) is 15.1. The molecule has 1 aliphatic rings. The Morgan fingerprint density at radius 3 is 2.76 bits per heavy atom. The highest BCUT2D eigenvalue weighted by atomic mass is 32.2. The lowest BCUT2D eigenvalue weighted by atomic mass is 9.98. The smallest absolute Gasteiger partial charge is 0.231 e. The molecule has 0 saturated heterocycles. The van der Waals surface area contributed by atoms with Gasteiger partial charge in [0.15, 0.2) is 5.82 Å². The molecular weight excluding hydrogens is 282 g/mol. The zero-order valence-corrected chi connectivity index (χ0v) is 14.4. The predicted octanol–water partition coefficient (Wildman–Crippen LogP) is 4.13. The summed E-state index contributed by atoms with van der Waals surface area (Å²) in [5, 5.41) is 8.51. The van der Waals surface area contributed by atoms with E-state index in [0.29, 0.717) is 12.0 Å². The Kier molecular flexibility index (Phi) is 7.04. The molecule has 1 aromatic heterocycles. The van der Waals surface area contributed by atoms with Gasteiger partial charge in [-0.1, -0.05) is 31.8 Å². The van der Waals surface area contributed by atoms with Crippen molar-refractivity contribution in [3.63, 3.8) is 0 Å². The van der Waals surface area contributed by atoms with Crippen molar-refractivity contribution in [1.29, 1.82) is 0 Å². The van der Waals surface area contributed by atoms with Crippen molar-refractivity contribution < 1.29 is 4.52 Å². The van der Waals surface area contributed by atoms with Crippen LogP contribution in [0.5, 0.6) is 0 Å². The third-order valence-electron chi connectivity index (χ3n) is 4.31. The highest BCUT2D eigenvalue weighted by Crippen LogP contribution is 2.31. The molecule has 1 fully saturated rings. The van der Waals surface area contributed by atoms with E-state index in [1.807, 2.05) is 11.8 Å². The summed E-state index contributed by atoms with van der Waals surface area (Å²) in [7, 11) is 0. The van der Waals surface area contributed by atoms with Crippen molar-refractivity contribution in [2.75, 3.05) is 6.54 Å². The lowest BCUT2D eigenvalue weighted by Crippen LogP contribution is -2.32. The number of hydrogen-bond donors (Lipinski definition) is 1. The molecule has 0 amide bonds. The molecule has 1 heterocycles. The fourth-order valence-corrected chi connectivity index (χ4v) is 4.15. The minimum atomic E-state index is 0.314. The number of thioether (sulfide) groups is 1. The second-order valence-corrected chi connectivity index (χ2v) is 7.31. The topological polar surface area (TPSA) is 51.0 Å². The minimum absolute atomic E-state index is 0.314. The lowest BCUT2D eigenvalue weighted by molar-refractivity contribution is 0.314. The van der Waals surface area contributed by atoms with Gasteiger partial charge in [0.2, 0.25) is 5.89 Å². The van der Waals surface area contributed by atoms with Crippen molar-refractivity contribution in [3.8, 4) is 0 Å². The highest BCUT2D eigenvalue weighted by molar-refractivity contribution is 7.99. The van der Waals surface area contributed by atoms with E-state index in [-0.39, 0.29) is 0 Å². The van der Waals surface area contributed by atoms with Gasteiger partial charge in [0.1, 0.15) is 0 Å². The normalized spacial score (nSPS) is 19.0. The monoisotopic (exact) mass is 311 g/mol. The second-order valence-electron chi connectivity index (χ2n) is 6.02. The maximum absolute atomic E-state index is 5.52. The number of rotatable bonds is 9. The van der Waals surface area contributed by atoms with Gasteiger partial charge in [-0.2, -0.15) is 16.7 Å². The average molecular weight is 311 g/mol. The van der Waals surface area contributed by atoms with Crippen LogP contribution in [0.3, 0.4) is 0 Å². The quantitative estimate of drug-likeness (QED) is 0.743. The van der Waals surface area contributed by atoms with Crippen molar-refractivity contribution >= 4 is 11.8 Å². The van der Waals surface area contributed by atoms with Crippen LogP contribution in [0.15, 0.2) is 4.52 Å². The Morgan fingerprint density at radius 1 is 1.33 bits per heavy atom. The number of hydrogen-bond acceptors (Lipinski definition) is 5. The molecule has 0 aromatic carbocycles. The fraction of sp³-hybridized carbons (Fsp3) is 0.875. The second kappa shape index (κ2) is 8.79. The highest BCUT2D eigenvalue weighted by Gasteiger charge is 2.23. The van der Waals surface area contributed by atoms with E-state index in [2.05, 4.69) is 36.2 Å². The molecule has 4 nitrogen and oxygen atoms in total.